The SMILES string of the molecule is COC[C@H](C)CCC1OC2CC3C4CC=C5CC(O)CCC5(C)C4CCC3(C)C2[C@@H]1C.[HH]. The van der Waals surface area contributed by atoms with Crippen molar-refractivity contribution in [3.63, 3.8) is 0 Å². The van der Waals surface area contributed by atoms with E-state index >= 15 is 0 Å². The van der Waals surface area contributed by atoms with E-state index in [0.29, 0.717) is 34.9 Å². The van der Waals surface area contributed by atoms with Gasteiger partial charge in [-0.2, -0.15) is 0 Å². The van der Waals surface area contributed by atoms with Gasteiger partial charge in [0.15, 0.2) is 0 Å². The highest BCUT2D eigenvalue weighted by Crippen LogP contribution is 2.69. The van der Waals surface area contributed by atoms with E-state index in [1.165, 1.54) is 44.9 Å². The fraction of sp³-hybridized carbons (Fsp3) is 0.929. The van der Waals surface area contributed by atoms with Crippen LogP contribution in [0.1, 0.15) is 86.9 Å². The zero-order chi connectivity index (χ0) is 22.0. The molecule has 3 saturated carbocycles. The lowest BCUT2D eigenvalue weighted by atomic mass is 9.47. The van der Waals surface area contributed by atoms with Crippen LogP contribution in [-0.2, 0) is 9.47 Å². The number of ether oxygens (including phenoxy) is 2. The lowest BCUT2D eigenvalue weighted by molar-refractivity contribution is -0.0590. The molecule has 5 rings (SSSR count). The number of methoxy groups -OCH3 is 1. The molecule has 0 aromatic heterocycles. The lowest BCUT2D eigenvalue weighted by Crippen LogP contribution is -2.51. The van der Waals surface area contributed by atoms with E-state index in [4.69, 9.17) is 9.47 Å². The Kier molecular flexibility index (Phi) is 5.88. The molecular weight excluding hydrogens is 384 g/mol. The van der Waals surface area contributed by atoms with E-state index in [1.807, 2.05) is 7.11 Å². The van der Waals surface area contributed by atoms with E-state index in [9.17, 15) is 5.11 Å². The van der Waals surface area contributed by atoms with E-state index < -0.39 is 0 Å². The Morgan fingerprint density at radius 3 is 2.84 bits per heavy atom. The molecule has 0 aromatic rings. The minimum atomic E-state index is -0.103. The monoisotopic (exact) mass is 432 g/mol. The molecule has 1 heterocycles. The van der Waals surface area contributed by atoms with Gasteiger partial charge in [0.2, 0.25) is 0 Å². The number of aliphatic hydroxyl groups excluding tert-OH is 1. The van der Waals surface area contributed by atoms with Gasteiger partial charge >= 0.3 is 0 Å². The Balaban J connectivity index is 0.00000245. The van der Waals surface area contributed by atoms with Gasteiger partial charge in [0.25, 0.3) is 0 Å². The third kappa shape index (κ3) is 3.48. The maximum atomic E-state index is 10.3. The van der Waals surface area contributed by atoms with Crippen molar-refractivity contribution < 1.29 is 16.0 Å². The van der Waals surface area contributed by atoms with Crippen LogP contribution in [0, 0.1) is 46.3 Å². The zero-order valence-corrected chi connectivity index (χ0v) is 20.6. The minimum absolute atomic E-state index is 0. The summed E-state index contributed by atoms with van der Waals surface area (Å²) in [4.78, 5) is 0. The van der Waals surface area contributed by atoms with Crippen LogP contribution in [0.15, 0.2) is 11.6 Å². The summed E-state index contributed by atoms with van der Waals surface area (Å²) in [6, 6.07) is 0. The lowest BCUT2D eigenvalue weighted by Gasteiger charge is -2.58. The third-order valence-corrected chi connectivity index (χ3v) is 11.1. The fourth-order valence-corrected chi connectivity index (χ4v) is 9.48. The van der Waals surface area contributed by atoms with Crippen LogP contribution in [0.5, 0.6) is 0 Å². The number of rotatable bonds is 5. The summed E-state index contributed by atoms with van der Waals surface area (Å²) in [5.74, 6) is 4.51. The average Bonchev–Trinajstić information content (AvgIpc) is 3.20. The maximum Gasteiger partial charge on any atom is 0.0618 e. The quantitative estimate of drug-likeness (QED) is 0.522. The van der Waals surface area contributed by atoms with Crippen LogP contribution in [0.25, 0.3) is 0 Å². The number of hydrogen-bond acceptors (Lipinski definition) is 3. The largest absolute Gasteiger partial charge is 0.393 e. The Morgan fingerprint density at radius 1 is 1.26 bits per heavy atom. The van der Waals surface area contributed by atoms with Gasteiger partial charge in [-0.1, -0.05) is 39.3 Å². The summed E-state index contributed by atoms with van der Waals surface area (Å²) < 4.78 is 12.2. The molecule has 11 atom stereocenters. The first-order chi connectivity index (χ1) is 14.8. The van der Waals surface area contributed by atoms with Crippen molar-refractivity contribution in [1.82, 2.24) is 0 Å². The van der Waals surface area contributed by atoms with Crippen LogP contribution in [-0.4, -0.2) is 37.1 Å². The molecule has 1 aliphatic heterocycles. The van der Waals surface area contributed by atoms with Crippen molar-refractivity contribution in [1.29, 1.82) is 0 Å². The van der Waals surface area contributed by atoms with Crippen molar-refractivity contribution >= 4 is 0 Å². The van der Waals surface area contributed by atoms with Gasteiger partial charge < -0.3 is 14.6 Å². The summed E-state index contributed by atoms with van der Waals surface area (Å²) in [6.45, 7) is 10.8. The molecule has 9 unspecified atom stereocenters. The topological polar surface area (TPSA) is 38.7 Å². The molecule has 4 aliphatic carbocycles. The predicted molar refractivity (Wildman–Crippen MR) is 127 cm³/mol. The molecule has 5 aliphatic rings. The van der Waals surface area contributed by atoms with Gasteiger partial charge in [-0.3, -0.25) is 0 Å². The summed E-state index contributed by atoms with van der Waals surface area (Å²) in [5.41, 5.74) is 2.38. The Hall–Kier alpha value is -0.380. The van der Waals surface area contributed by atoms with Crippen LogP contribution in [0.4, 0.5) is 0 Å². The number of fused-ring (bicyclic) bond motifs is 7. The number of allylic oxidation sites excluding steroid dienone is 1. The van der Waals surface area contributed by atoms with Crippen molar-refractivity contribution in [2.24, 2.45) is 46.3 Å². The summed E-state index contributed by atoms with van der Waals surface area (Å²) in [5, 5.41) is 10.3. The smallest absolute Gasteiger partial charge is 0.0618 e. The third-order valence-electron chi connectivity index (χ3n) is 11.1. The zero-order valence-electron chi connectivity index (χ0n) is 20.6. The molecule has 31 heavy (non-hydrogen) atoms. The molecular formula is C28H48O3. The molecule has 3 nitrogen and oxygen atoms in total. The fourth-order valence-electron chi connectivity index (χ4n) is 9.48. The molecule has 178 valence electrons. The van der Waals surface area contributed by atoms with Gasteiger partial charge in [-0.25, -0.2) is 0 Å². The summed E-state index contributed by atoms with van der Waals surface area (Å²) in [7, 11) is 1.81. The summed E-state index contributed by atoms with van der Waals surface area (Å²) >= 11 is 0. The van der Waals surface area contributed by atoms with Gasteiger partial charge in [0, 0.05) is 15.1 Å². The normalized spacial score (nSPS) is 52.0. The molecule has 4 fully saturated rings. The van der Waals surface area contributed by atoms with Crippen molar-refractivity contribution in [3.8, 4) is 0 Å². The van der Waals surface area contributed by atoms with Gasteiger partial charge in [-0.05, 0) is 104 Å². The van der Waals surface area contributed by atoms with E-state index in [2.05, 4.69) is 33.8 Å². The minimum Gasteiger partial charge on any atom is -0.393 e. The molecule has 0 bridgehead atoms. The standard InChI is InChI=1S/C28H46O3.H2/c1-17(16-30-5)6-9-24-18(2)26-25(31-24)15-23-21-8-7-19-14-20(29)10-12-27(19,3)22(21)11-13-28(23,26)4;/h7,17-18,20-26,29H,6,8-16H2,1-5H3;1H/t17-,18-,20?,21?,22?,23?,24?,25?,26?,27?,28?;/m1./s1. The molecule has 1 N–H and O–H groups in total. The first-order valence-corrected chi connectivity index (χ1v) is 13.3. The first-order valence-electron chi connectivity index (χ1n) is 13.3. The van der Waals surface area contributed by atoms with Crippen molar-refractivity contribution in [3.05, 3.63) is 11.6 Å². The molecule has 0 spiro atoms. The average molecular weight is 433 g/mol. The second kappa shape index (κ2) is 8.13. The van der Waals surface area contributed by atoms with Crippen molar-refractivity contribution in [2.45, 2.75) is 104 Å². The van der Waals surface area contributed by atoms with Gasteiger partial charge in [-0.15, -0.1) is 0 Å². The van der Waals surface area contributed by atoms with Gasteiger partial charge in [0.05, 0.1) is 18.3 Å². The summed E-state index contributed by atoms with van der Waals surface area (Å²) in [6.07, 6.45) is 14.2. The Labute approximate surface area is 191 Å². The maximum absolute atomic E-state index is 10.3. The predicted octanol–water partition coefficient (Wildman–Crippen LogP) is 6.25. The highest BCUT2D eigenvalue weighted by Gasteiger charge is 2.64. The van der Waals surface area contributed by atoms with Crippen LogP contribution < -0.4 is 0 Å². The molecule has 1 saturated heterocycles. The second-order valence-corrected chi connectivity index (χ2v) is 12.7. The highest BCUT2D eigenvalue weighted by molar-refractivity contribution is 5.26. The van der Waals surface area contributed by atoms with Crippen LogP contribution >= 0.6 is 0 Å². The Morgan fingerprint density at radius 2 is 2.06 bits per heavy atom. The number of aliphatic hydroxyl groups is 1. The van der Waals surface area contributed by atoms with E-state index in [0.717, 1.165) is 43.1 Å². The van der Waals surface area contributed by atoms with E-state index in [-0.39, 0.29) is 7.53 Å². The molecule has 0 radical (unpaired) electrons. The van der Waals surface area contributed by atoms with Gasteiger partial charge in [0.1, 0.15) is 0 Å². The molecule has 3 heteroatoms. The second-order valence-electron chi connectivity index (χ2n) is 12.7. The Bertz CT molecular complexity index is 709. The molecule has 0 aromatic carbocycles. The van der Waals surface area contributed by atoms with E-state index in [1.54, 1.807) is 5.57 Å². The van der Waals surface area contributed by atoms with Crippen LogP contribution in [0.2, 0.25) is 0 Å². The number of hydrogen-bond donors (Lipinski definition) is 1. The highest BCUT2D eigenvalue weighted by atomic mass is 16.5. The molecule has 0 amide bonds. The first kappa shape index (κ1) is 22.4. The van der Waals surface area contributed by atoms with Crippen molar-refractivity contribution in [2.75, 3.05) is 13.7 Å². The van der Waals surface area contributed by atoms with Crippen LogP contribution in [0.3, 0.4) is 0 Å².